The number of hydrogen-bond acceptors (Lipinski definition) is 4. The number of carbonyl (C=O) groups excluding carboxylic acids is 1. The van der Waals surface area contributed by atoms with Crippen LogP contribution in [-0.4, -0.2) is 15.9 Å². The lowest BCUT2D eigenvalue weighted by Gasteiger charge is -2.01. The van der Waals surface area contributed by atoms with Crippen LogP contribution in [0.2, 0.25) is 0 Å². The Hall–Kier alpha value is -0.620. The second-order valence-electron chi connectivity index (χ2n) is 1.01. The van der Waals surface area contributed by atoms with E-state index in [1.807, 2.05) is 0 Å². The minimum atomic E-state index is -4.73. The Bertz CT molecular complexity index is 149. The number of nitrogens with one attached hydrogen (secondary N) is 1. The maximum absolute atomic E-state index is 9.88. The van der Waals surface area contributed by atoms with Crippen molar-refractivity contribution in [1.82, 2.24) is 5.43 Å². The summed E-state index contributed by atoms with van der Waals surface area (Å²) in [5, 5.41) is 0. The Balaban J connectivity index is 3.75. The van der Waals surface area contributed by atoms with Gasteiger partial charge in [-0.2, -0.15) is 0 Å². The van der Waals surface area contributed by atoms with Crippen molar-refractivity contribution in [3.63, 3.8) is 0 Å². The van der Waals surface area contributed by atoms with E-state index < -0.39 is 13.9 Å². The summed E-state index contributed by atoms with van der Waals surface area (Å²) in [6.45, 7) is 0. The molecular weight excluding hydrogens is 151 g/mol. The zero-order valence-corrected chi connectivity index (χ0v) is 5.04. The van der Waals surface area contributed by atoms with Crippen LogP contribution < -0.4 is 11.3 Å². The molecule has 0 aromatic carbocycles. The molecule has 54 valence electrons. The van der Waals surface area contributed by atoms with E-state index in [1.165, 1.54) is 5.43 Å². The molecule has 5 N–H and O–H groups in total. The SMILES string of the molecule is NNC(=O)OP(=O)(O)O. The molecule has 0 fully saturated rings. The van der Waals surface area contributed by atoms with Crippen molar-refractivity contribution in [3.05, 3.63) is 0 Å². The average Bonchev–Trinajstić information content (AvgIpc) is 1.62. The highest BCUT2D eigenvalue weighted by Crippen LogP contribution is 2.35. The molecule has 9 heavy (non-hydrogen) atoms. The topological polar surface area (TPSA) is 122 Å². The fraction of sp³-hybridized carbons (Fsp3) is 0. The number of rotatable bonds is 1. The first-order valence-corrected chi connectivity index (χ1v) is 3.24. The van der Waals surface area contributed by atoms with Crippen LogP contribution in [0.1, 0.15) is 0 Å². The van der Waals surface area contributed by atoms with Crippen molar-refractivity contribution < 1.29 is 23.7 Å². The number of phosphoric ester groups is 1. The van der Waals surface area contributed by atoms with E-state index >= 15 is 0 Å². The zero-order chi connectivity index (χ0) is 7.49. The lowest BCUT2D eigenvalue weighted by molar-refractivity contribution is 0.176. The van der Waals surface area contributed by atoms with Crippen molar-refractivity contribution in [2.45, 2.75) is 0 Å². The fourth-order valence-electron chi connectivity index (χ4n) is 0.134. The van der Waals surface area contributed by atoms with Gasteiger partial charge in [0.2, 0.25) is 0 Å². The van der Waals surface area contributed by atoms with Gasteiger partial charge in [0.25, 0.3) is 0 Å². The number of hydrogen-bond donors (Lipinski definition) is 4. The summed E-state index contributed by atoms with van der Waals surface area (Å²) in [7, 11) is -4.73. The molecule has 0 saturated heterocycles. The summed E-state index contributed by atoms with van der Waals surface area (Å²) in [5.41, 5.74) is 1.37. The summed E-state index contributed by atoms with van der Waals surface area (Å²) in [5.74, 6) is 4.41. The summed E-state index contributed by atoms with van der Waals surface area (Å²) in [6.07, 6.45) is -1.37. The van der Waals surface area contributed by atoms with Gasteiger partial charge in [-0.1, -0.05) is 0 Å². The van der Waals surface area contributed by atoms with E-state index in [0.717, 1.165) is 0 Å². The number of amides is 1. The van der Waals surface area contributed by atoms with Crippen LogP contribution in [0.4, 0.5) is 4.79 Å². The Morgan fingerprint density at radius 1 is 1.67 bits per heavy atom. The molecule has 0 unspecified atom stereocenters. The van der Waals surface area contributed by atoms with Gasteiger partial charge in [-0.05, 0) is 0 Å². The second kappa shape index (κ2) is 2.79. The monoisotopic (exact) mass is 156 g/mol. The number of hydrazine groups is 1. The van der Waals surface area contributed by atoms with Gasteiger partial charge in [-0.3, -0.25) is 15.2 Å². The number of carbonyl (C=O) groups is 1. The second-order valence-corrected chi connectivity index (χ2v) is 2.18. The quantitative estimate of drug-likeness (QED) is 0.161. The third kappa shape index (κ3) is 5.25. The normalized spacial score (nSPS) is 10.6. The van der Waals surface area contributed by atoms with Gasteiger partial charge in [-0.15, -0.1) is 0 Å². The van der Waals surface area contributed by atoms with Gasteiger partial charge in [0, 0.05) is 0 Å². The van der Waals surface area contributed by atoms with Crippen LogP contribution >= 0.6 is 7.82 Å². The van der Waals surface area contributed by atoms with Crippen LogP contribution in [0.3, 0.4) is 0 Å². The number of nitrogens with two attached hydrogens (primary N) is 1. The average molecular weight is 156 g/mol. The maximum atomic E-state index is 9.88. The lowest BCUT2D eigenvalue weighted by atomic mass is 11.3. The van der Waals surface area contributed by atoms with Gasteiger partial charge >= 0.3 is 13.9 Å². The van der Waals surface area contributed by atoms with Crippen LogP contribution in [-0.2, 0) is 9.09 Å². The summed E-state index contributed by atoms with van der Waals surface area (Å²) >= 11 is 0. The molecule has 0 radical (unpaired) electrons. The summed E-state index contributed by atoms with van der Waals surface area (Å²) in [4.78, 5) is 25.7. The Labute approximate surface area is 50.0 Å². The third-order valence-corrected chi connectivity index (χ3v) is 0.723. The highest BCUT2D eigenvalue weighted by atomic mass is 31.2. The first-order chi connectivity index (χ1) is 3.95. The highest BCUT2D eigenvalue weighted by Gasteiger charge is 2.18. The Morgan fingerprint density at radius 3 is 2.22 bits per heavy atom. The fourth-order valence-corrected chi connectivity index (χ4v) is 0.403. The van der Waals surface area contributed by atoms with Crippen LogP contribution in [0.25, 0.3) is 0 Å². The van der Waals surface area contributed by atoms with Crippen molar-refractivity contribution >= 4 is 13.9 Å². The van der Waals surface area contributed by atoms with Crippen molar-refractivity contribution in [2.75, 3.05) is 0 Å². The summed E-state index contributed by atoms with van der Waals surface area (Å²) in [6, 6.07) is 0. The van der Waals surface area contributed by atoms with E-state index in [9.17, 15) is 9.36 Å². The summed E-state index contributed by atoms with van der Waals surface area (Å²) < 4.78 is 13.1. The highest BCUT2D eigenvalue weighted by molar-refractivity contribution is 7.46. The van der Waals surface area contributed by atoms with Gasteiger partial charge in [0.05, 0.1) is 0 Å². The lowest BCUT2D eigenvalue weighted by Crippen LogP contribution is -2.29. The zero-order valence-electron chi connectivity index (χ0n) is 4.14. The smallest absolute Gasteiger partial charge is 0.353 e. The molecular formula is CH5N2O5P. The van der Waals surface area contributed by atoms with Crippen molar-refractivity contribution in [2.24, 2.45) is 5.84 Å². The molecule has 1 amide bonds. The molecule has 0 aliphatic carbocycles. The van der Waals surface area contributed by atoms with E-state index in [2.05, 4.69) is 10.4 Å². The van der Waals surface area contributed by atoms with Gasteiger partial charge in [0.15, 0.2) is 0 Å². The van der Waals surface area contributed by atoms with E-state index in [0.29, 0.717) is 0 Å². The largest absolute Gasteiger partial charge is 0.528 e. The first kappa shape index (κ1) is 8.38. The molecule has 7 nitrogen and oxygen atoms in total. The molecule has 0 bridgehead atoms. The van der Waals surface area contributed by atoms with E-state index in [1.54, 1.807) is 0 Å². The van der Waals surface area contributed by atoms with Gasteiger partial charge in [0.1, 0.15) is 0 Å². The molecule has 0 atom stereocenters. The predicted octanol–water partition coefficient (Wildman–Crippen LogP) is -1.32. The minimum absolute atomic E-state index is 1.37. The molecule has 8 heteroatoms. The first-order valence-electron chi connectivity index (χ1n) is 1.71. The van der Waals surface area contributed by atoms with E-state index in [-0.39, 0.29) is 0 Å². The molecule has 0 aliphatic heterocycles. The Morgan fingerprint density at radius 2 is 2.11 bits per heavy atom. The molecule has 0 aliphatic rings. The van der Waals surface area contributed by atoms with Crippen LogP contribution in [0.15, 0.2) is 0 Å². The molecule has 0 rings (SSSR count). The number of phosphoric acid groups is 1. The standard InChI is InChI=1S/CH5N2O5P/c2-3-1(4)8-9(5,6)7/h2H2,(H,3,4)(H2,5,6,7). The van der Waals surface area contributed by atoms with Crippen LogP contribution in [0.5, 0.6) is 0 Å². The molecule has 0 heterocycles. The van der Waals surface area contributed by atoms with Crippen molar-refractivity contribution in [1.29, 1.82) is 0 Å². The molecule has 0 spiro atoms. The Kier molecular flexibility index (Phi) is 2.60. The van der Waals surface area contributed by atoms with Gasteiger partial charge in [-0.25, -0.2) is 15.2 Å². The molecule has 0 aromatic heterocycles. The minimum Gasteiger partial charge on any atom is -0.353 e. The van der Waals surface area contributed by atoms with Crippen LogP contribution in [0, 0.1) is 0 Å². The maximum Gasteiger partial charge on any atom is 0.528 e. The predicted molar refractivity (Wildman–Crippen MR) is 25.8 cm³/mol. The van der Waals surface area contributed by atoms with Gasteiger partial charge < -0.3 is 4.52 Å². The van der Waals surface area contributed by atoms with E-state index in [4.69, 9.17) is 9.79 Å². The van der Waals surface area contributed by atoms with Crippen molar-refractivity contribution in [3.8, 4) is 0 Å². The third-order valence-electron chi connectivity index (χ3n) is 0.320. The molecule has 0 aromatic rings. The molecule has 0 saturated carbocycles.